The number of carbonyl (C=O) groups excluding carboxylic acids is 1. The first-order valence-electron chi connectivity index (χ1n) is 5.44. The molecule has 1 aliphatic rings. The molecule has 1 aliphatic carbocycles. The summed E-state index contributed by atoms with van der Waals surface area (Å²) >= 11 is 0. The van der Waals surface area contributed by atoms with Gasteiger partial charge in [0.05, 0.1) is 11.7 Å². The Bertz CT molecular complexity index is 342. The molecule has 0 radical (unpaired) electrons. The molecule has 0 aromatic heterocycles. The number of nitrogens with one attached hydrogen (secondary N) is 1. The van der Waals surface area contributed by atoms with Gasteiger partial charge in [0.25, 0.3) is 0 Å². The molecule has 94 valence electrons. The molecule has 2 atom stereocenters. The zero-order valence-corrected chi connectivity index (χ0v) is 10.0. The summed E-state index contributed by atoms with van der Waals surface area (Å²) in [5, 5.41) is 7.52. The Morgan fingerprint density at radius 2 is 2.06 bits per heavy atom. The van der Waals surface area contributed by atoms with Crippen LogP contribution in [0.4, 0.5) is 0 Å². The number of carbonyl (C=O) groups is 1. The molecule has 7 heteroatoms. The highest BCUT2D eigenvalue weighted by Crippen LogP contribution is 2.23. The number of nitrogens with two attached hydrogens (primary N) is 2. The first-order chi connectivity index (χ1) is 7.40. The molecule has 2 unspecified atom stereocenters. The standard InChI is InChI=1S/C9H19N3O3S/c10-8-4-1-3-7(8)9(13)12-5-2-6-16(11,14)15/h7-8H,1-6,10H2,(H,12,13)(H2,11,14,15). The molecule has 16 heavy (non-hydrogen) atoms. The Morgan fingerprint density at radius 1 is 1.38 bits per heavy atom. The smallest absolute Gasteiger partial charge is 0.224 e. The average Bonchev–Trinajstić information content (AvgIpc) is 2.57. The summed E-state index contributed by atoms with van der Waals surface area (Å²) in [4.78, 5) is 11.6. The maximum absolute atomic E-state index is 11.6. The molecule has 0 spiro atoms. The van der Waals surface area contributed by atoms with Crippen LogP contribution in [0.1, 0.15) is 25.7 Å². The van der Waals surface area contributed by atoms with Gasteiger partial charge in [0.1, 0.15) is 0 Å². The number of hydrogen-bond acceptors (Lipinski definition) is 4. The van der Waals surface area contributed by atoms with Gasteiger partial charge in [0.2, 0.25) is 15.9 Å². The lowest BCUT2D eigenvalue weighted by atomic mass is 10.0. The Labute approximate surface area is 95.8 Å². The maximum atomic E-state index is 11.6. The van der Waals surface area contributed by atoms with E-state index in [0.717, 1.165) is 19.3 Å². The summed E-state index contributed by atoms with van der Waals surface area (Å²) in [5.74, 6) is -0.293. The topological polar surface area (TPSA) is 115 Å². The molecular weight excluding hydrogens is 230 g/mol. The Balaban J connectivity index is 2.20. The summed E-state index contributed by atoms with van der Waals surface area (Å²) in [6.07, 6.45) is 3.03. The molecule has 1 saturated carbocycles. The van der Waals surface area contributed by atoms with E-state index in [1.54, 1.807) is 0 Å². The van der Waals surface area contributed by atoms with E-state index in [1.807, 2.05) is 0 Å². The fraction of sp³-hybridized carbons (Fsp3) is 0.889. The molecule has 5 N–H and O–H groups in total. The Hall–Kier alpha value is -0.660. The van der Waals surface area contributed by atoms with Gasteiger partial charge in [-0.1, -0.05) is 6.42 Å². The van der Waals surface area contributed by atoms with Gasteiger partial charge < -0.3 is 11.1 Å². The van der Waals surface area contributed by atoms with Gasteiger partial charge in [0, 0.05) is 12.6 Å². The SMILES string of the molecule is NC1CCCC1C(=O)NCCCS(N)(=O)=O. The van der Waals surface area contributed by atoms with E-state index in [2.05, 4.69) is 5.32 Å². The summed E-state index contributed by atoms with van der Waals surface area (Å²) in [6.45, 7) is 0.332. The van der Waals surface area contributed by atoms with E-state index in [4.69, 9.17) is 10.9 Å². The van der Waals surface area contributed by atoms with E-state index in [0.29, 0.717) is 13.0 Å². The van der Waals surface area contributed by atoms with Crippen LogP contribution in [-0.2, 0) is 14.8 Å². The summed E-state index contributed by atoms with van der Waals surface area (Å²) in [6, 6.07) is -0.0572. The molecule has 1 rings (SSSR count). The Kier molecular flexibility index (Phi) is 4.69. The molecule has 0 bridgehead atoms. The molecule has 0 heterocycles. The third-order valence-corrected chi connectivity index (χ3v) is 3.67. The molecule has 0 aromatic carbocycles. The molecule has 0 aliphatic heterocycles. The lowest BCUT2D eigenvalue weighted by molar-refractivity contribution is -0.125. The van der Waals surface area contributed by atoms with E-state index in [9.17, 15) is 13.2 Å². The lowest BCUT2D eigenvalue weighted by Crippen LogP contribution is -2.39. The highest BCUT2D eigenvalue weighted by Gasteiger charge is 2.29. The van der Waals surface area contributed by atoms with Crippen molar-refractivity contribution in [3.63, 3.8) is 0 Å². The molecular formula is C9H19N3O3S. The monoisotopic (exact) mass is 249 g/mol. The third-order valence-electron chi connectivity index (χ3n) is 2.81. The number of hydrogen-bond donors (Lipinski definition) is 3. The predicted octanol–water partition coefficient (Wildman–Crippen LogP) is -1.09. The van der Waals surface area contributed by atoms with Gasteiger partial charge >= 0.3 is 0 Å². The van der Waals surface area contributed by atoms with E-state index in [1.165, 1.54) is 0 Å². The zero-order valence-electron chi connectivity index (χ0n) is 9.19. The van der Waals surface area contributed by atoms with E-state index in [-0.39, 0.29) is 23.6 Å². The average molecular weight is 249 g/mol. The van der Waals surface area contributed by atoms with Crippen molar-refractivity contribution in [2.24, 2.45) is 16.8 Å². The number of amides is 1. The fourth-order valence-electron chi connectivity index (χ4n) is 1.93. The van der Waals surface area contributed by atoms with Crippen LogP contribution in [0.5, 0.6) is 0 Å². The number of sulfonamides is 1. The second kappa shape index (κ2) is 5.60. The second-order valence-electron chi connectivity index (χ2n) is 4.21. The van der Waals surface area contributed by atoms with Gasteiger partial charge in [-0.15, -0.1) is 0 Å². The van der Waals surface area contributed by atoms with Crippen molar-refractivity contribution in [2.75, 3.05) is 12.3 Å². The van der Waals surface area contributed by atoms with Crippen molar-refractivity contribution in [3.05, 3.63) is 0 Å². The van der Waals surface area contributed by atoms with Crippen molar-refractivity contribution in [1.29, 1.82) is 0 Å². The summed E-state index contributed by atoms with van der Waals surface area (Å²) in [5.41, 5.74) is 5.78. The van der Waals surface area contributed by atoms with Crippen LogP contribution in [-0.4, -0.2) is 32.7 Å². The minimum atomic E-state index is -3.43. The summed E-state index contributed by atoms with van der Waals surface area (Å²) in [7, 11) is -3.43. The molecule has 0 saturated heterocycles. The van der Waals surface area contributed by atoms with Crippen LogP contribution in [0.25, 0.3) is 0 Å². The van der Waals surface area contributed by atoms with Crippen LogP contribution >= 0.6 is 0 Å². The maximum Gasteiger partial charge on any atom is 0.224 e. The van der Waals surface area contributed by atoms with Crippen molar-refractivity contribution in [2.45, 2.75) is 31.7 Å². The molecule has 1 fully saturated rings. The van der Waals surface area contributed by atoms with Gasteiger partial charge in [0.15, 0.2) is 0 Å². The van der Waals surface area contributed by atoms with Crippen molar-refractivity contribution >= 4 is 15.9 Å². The number of primary sulfonamides is 1. The number of rotatable bonds is 5. The zero-order chi connectivity index (χ0) is 12.2. The minimum absolute atomic E-state index is 0.0572. The highest BCUT2D eigenvalue weighted by atomic mass is 32.2. The fourth-order valence-corrected chi connectivity index (χ4v) is 2.48. The predicted molar refractivity (Wildman–Crippen MR) is 60.9 cm³/mol. The van der Waals surface area contributed by atoms with Crippen LogP contribution in [0, 0.1) is 5.92 Å². The molecule has 0 aromatic rings. The van der Waals surface area contributed by atoms with Gasteiger partial charge in [-0.25, -0.2) is 13.6 Å². The normalized spacial score (nSPS) is 25.6. The van der Waals surface area contributed by atoms with Gasteiger partial charge in [-0.3, -0.25) is 4.79 Å². The first-order valence-corrected chi connectivity index (χ1v) is 7.15. The van der Waals surface area contributed by atoms with Crippen LogP contribution in [0.3, 0.4) is 0 Å². The second-order valence-corrected chi connectivity index (χ2v) is 5.95. The van der Waals surface area contributed by atoms with Crippen LogP contribution in [0.2, 0.25) is 0 Å². The quantitative estimate of drug-likeness (QED) is 0.537. The lowest BCUT2D eigenvalue weighted by Gasteiger charge is -2.14. The molecule has 1 amide bonds. The third kappa shape index (κ3) is 4.46. The van der Waals surface area contributed by atoms with Crippen LogP contribution < -0.4 is 16.2 Å². The van der Waals surface area contributed by atoms with Crippen molar-refractivity contribution in [3.8, 4) is 0 Å². The van der Waals surface area contributed by atoms with E-state index >= 15 is 0 Å². The van der Waals surface area contributed by atoms with E-state index < -0.39 is 10.0 Å². The molecule has 6 nitrogen and oxygen atoms in total. The van der Waals surface area contributed by atoms with Crippen LogP contribution in [0.15, 0.2) is 0 Å². The first kappa shape index (κ1) is 13.4. The Morgan fingerprint density at radius 3 is 2.56 bits per heavy atom. The minimum Gasteiger partial charge on any atom is -0.356 e. The largest absolute Gasteiger partial charge is 0.356 e. The van der Waals surface area contributed by atoms with Crippen molar-refractivity contribution < 1.29 is 13.2 Å². The van der Waals surface area contributed by atoms with Crippen molar-refractivity contribution in [1.82, 2.24) is 5.32 Å². The summed E-state index contributed by atoms with van der Waals surface area (Å²) < 4.78 is 21.3. The van der Waals surface area contributed by atoms with Gasteiger partial charge in [-0.05, 0) is 19.3 Å². The van der Waals surface area contributed by atoms with Gasteiger partial charge in [-0.2, -0.15) is 0 Å². The highest BCUT2D eigenvalue weighted by molar-refractivity contribution is 7.89.